The SMILES string of the molecule is C1=CC2N/C=N\c3ccccc3N(c3ccc4[nH]c5c(c4c3)C=CCC5)C2C=C1. The summed E-state index contributed by atoms with van der Waals surface area (Å²) in [6.07, 6.45) is 17.3. The van der Waals surface area contributed by atoms with Gasteiger partial charge in [-0.15, -0.1) is 0 Å². The predicted octanol–water partition coefficient (Wildman–Crippen LogP) is 5.39. The number of allylic oxidation sites excluding steroid dienone is 3. The Morgan fingerprint density at radius 1 is 1.03 bits per heavy atom. The van der Waals surface area contributed by atoms with Crippen molar-refractivity contribution in [2.75, 3.05) is 4.90 Å². The zero-order chi connectivity index (χ0) is 19.2. The van der Waals surface area contributed by atoms with E-state index in [0.717, 1.165) is 24.2 Å². The summed E-state index contributed by atoms with van der Waals surface area (Å²) in [5.41, 5.74) is 7.16. The van der Waals surface area contributed by atoms with Gasteiger partial charge in [-0.05, 0) is 43.2 Å². The van der Waals surface area contributed by atoms with E-state index in [2.05, 4.69) is 93.0 Å². The number of benzene rings is 2. The highest BCUT2D eigenvalue weighted by Gasteiger charge is 2.29. The number of aliphatic imine (C=N–C) groups is 1. The van der Waals surface area contributed by atoms with Crippen LogP contribution in [0, 0.1) is 0 Å². The third-order valence-electron chi connectivity index (χ3n) is 6.04. The molecule has 0 bridgehead atoms. The van der Waals surface area contributed by atoms with E-state index >= 15 is 0 Å². The second-order valence-corrected chi connectivity index (χ2v) is 7.76. The van der Waals surface area contributed by atoms with Gasteiger partial charge in [0.1, 0.15) is 0 Å². The summed E-state index contributed by atoms with van der Waals surface area (Å²) in [4.78, 5) is 10.7. The van der Waals surface area contributed by atoms with Gasteiger partial charge in [0.25, 0.3) is 0 Å². The van der Waals surface area contributed by atoms with E-state index in [-0.39, 0.29) is 12.1 Å². The highest BCUT2D eigenvalue weighted by atomic mass is 15.2. The van der Waals surface area contributed by atoms with Crippen molar-refractivity contribution in [3.8, 4) is 0 Å². The van der Waals surface area contributed by atoms with Crippen molar-refractivity contribution in [1.82, 2.24) is 10.3 Å². The van der Waals surface area contributed by atoms with Crippen LogP contribution in [0.4, 0.5) is 17.1 Å². The fourth-order valence-corrected chi connectivity index (χ4v) is 4.66. The number of aryl methyl sites for hydroxylation is 1. The zero-order valence-electron chi connectivity index (χ0n) is 16.0. The number of anilines is 2. The van der Waals surface area contributed by atoms with Crippen LogP contribution in [0.5, 0.6) is 0 Å². The molecule has 2 heterocycles. The van der Waals surface area contributed by atoms with Crippen LogP contribution in [-0.2, 0) is 6.42 Å². The van der Waals surface area contributed by atoms with Crippen LogP contribution in [0.15, 0.2) is 77.8 Å². The average molecular weight is 378 g/mol. The van der Waals surface area contributed by atoms with Crippen molar-refractivity contribution in [2.24, 2.45) is 4.99 Å². The van der Waals surface area contributed by atoms with Gasteiger partial charge in [-0.3, -0.25) is 0 Å². The molecule has 2 N–H and O–H groups in total. The molecule has 3 aliphatic rings. The summed E-state index contributed by atoms with van der Waals surface area (Å²) in [6, 6.07) is 15.5. The van der Waals surface area contributed by atoms with E-state index < -0.39 is 0 Å². The van der Waals surface area contributed by atoms with Crippen LogP contribution in [0.1, 0.15) is 17.7 Å². The first-order chi connectivity index (χ1) is 14.4. The lowest BCUT2D eigenvalue weighted by atomic mass is 9.97. The third kappa shape index (κ3) is 2.64. The molecule has 2 unspecified atom stereocenters. The quantitative estimate of drug-likeness (QED) is 0.596. The Labute approximate surface area is 170 Å². The predicted molar refractivity (Wildman–Crippen MR) is 121 cm³/mol. The highest BCUT2D eigenvalue weighted by Crippen LogP contribution is 2.40. The van der Waals surface area contributed by atoms with Gasteiger partial charge < -0.3 is 15.2 Å². The van der Waals surface area contributed by atoms with Crippen LogP contribution in [-0.4, -0.2) is 23.4 Å². The largest absolute Gasteiger partial charge is 0.367 e. The average Bonchev–Trinajstić information content (AvgIpc) is 3.12. The smallest absolute Gasteiger partial charge is 0.0892 e. The number of hydrogen-bond donors (Lipinski definition) is 2. The van der Waals surface area contributed by atoms with Crippen LogP contribution in [0.2, 0.25) is 0 Å². The standard InChI is InChI=1S/C25H22N4/c1-2-8-20-18(7-1)19-15-17(13-14-21(19)28-20)29-24-11-5-3-9-22(24)26-16-27-23-10-4-6-12-25(23)29/h1,3-7,9-16,22,24,28H,2,8H2,(H,26,27). The Balaban J connectivity index is 1.57. The van der Waals surface area contributed by atoms with Gasteiger partial charge in [0.2, 0.25) is 0 Å². The number of hydrogen-bond acceptors (Lipinski definition) is 3. The molecule has 6 rings (SSSR count). The Bertz CT molecular complexity index is 1210. The van der Waals surface area contributed by atoms with E-state index in [1.54, 1.807) is 0 Å². The Kier molecular flexibility index (Phi) is 3.69. The molecule has 0 amide bonds. The normalized spacial score (nSPS) is 23.0. The first-order valence-corrected chi connectivity index (χ1v) is 10.2. The summed E-state index contributed by atoms with van der Waals surface area (Å²) in [6.45, 7) is 0. The molecule has 2 atom stereocenters. The molecule has 2 aromatic carbocycles. The van der Waals surface area contributed by atoms with Crippen LogP contribution < -0.4 is 10.2 Å². The van der Waals surface area contributed by atoms with E-state index in [1.807, 2.05) is 12.4 Å². The second kappa shape index (κ2) is 6.52. The van der Waals surface area contributed by atoms with Gasteiger partial charge in [-0.25, -0.2) is 4.99 Å². The first kappa shape index (κ1) is 16.4. The topological polar surface area (TPSA) is 43.4 Å². The van der Waals surface area contributed by atoms with Crippen molar-refractivity contribution >= 4 is 40.4 Å². The minimum absolute atomic E-state index is 0.160. The molecule has 0 saturated carbocycles. The Hall–Kier alpha value is -3.53. The lowest BCUT2D eigenvalue weighted by molar-refractivity contribution is 0.627. The lowest BCUT2D eigenvalue weighted by Crippen LogP contribution is -2.47. The van der Waals surface area contributed by atoms with Crippen molar-refractivity contribution in [1.29, 1.82) is 0 Å². The molecule has 142 valence electrons. The number of rotatable bonds is 1. The fraction of sp³-hybridized carbons (Fsp3) is 0.160. The number of fused-ring (bicyclic) bond motifs is 5. The highest BCUT2D eigenvalue weighted by molar-refractivity contribution is 5.94. The summed E-state index contributed by atoms with van der Waals surface area (Å²) in [5, 5.41) is 4.75. The molecule has 0 saturated heterocycles. The molecular weight excluding hydrogens is 356 g/mol. The molecule has 29 heavy (non-hydrogen) atoms. The lowest BCUT2D eigenvalue weighted by Gasteiger charge is -2.38. The van der Waals surface area contributed by atoms with Gasteiger partial charge in [0.15, 0.2) is 0 Å². The molecule has 0 spiro atoms. The van der Waals surface area contributed by atoms with E-state index in [1.165, 1.54) is 27.8 Å². The second-order valence-electron chi connectivity index (χ2n) is 7.76. The van der Waals surface area contributed by atoms with Gasteiger partial charge in [0, 0.05) is 27.8 Å². The molecule has 0 fully saturated rings. The number of para-hydroxylation sites is 2. The van der Waals surface area contributed by atoms with E-state index in [9.17, 15) is 0 Å². The summed E-state index contributed by atoms with van der Waals surface area (Å²) < 4.78 is 0. The first-order valence-electron chi connectivity index (χ1n) is 10.2. The van der Waals surface area contributed by atoms with Crippen molar-refractivity contribution < 1.29 is 0 Å². The van der Waals surface area contributed by atoms with Crippen LogP contribution >= 0.6 is 0 Å². The molecule has 4 heteroatoms. The summed E-state index contributed by atoms with van der Waals surface area (Å²) in [7, 11) is 0. The minimum atomic E-state index is 0.160. The van der Waals surface area contributed by atoms with E-state index in [0.29, 0.717) is 0 Å². The molecule has 1 aliphatic heterocycles. The van der Waals surface area contributed by atoms with Crippen molar-refractivity contribution in [2.45, 2.75) is 24.9 Å². The van der Waals surface area contributed by atoms with Gasteiger partial charge in [-0.2, -0.15) is 0 Å². The molecule has 1 aromatic heterocycles. The van der Waals surface area contributed by atoms with Crippen LogP contribution in [0.3, 0.4) is 0 Å². The number of nitrogens with zero attached hydrogens (tertiary/aromatic N) is 2. The maximum atomic E-state index is 4.68. The zero-order valence-corrected chi connectivity index (χ0v) is 16.0. The summed E-state index contributed by atoms with van der Waals surface area (Å²) in [5.74, 6) is 0. The van der Waals surface area contributed by atoms with Gasteiger partial charge in [0.05, 0.1) is 29.8 Å². The molecule has 0 radical (unpaired) electrons. The minimum Gasteiger partial charge on any atom is -0.367 e. The molecule has 2 aliphatic carbocycles. The molecule has 3 aromatic rings. The maximum absolute atomic E-state index is 4.68. The van der Waals surface area contributed by atoms with Crippen molar-refractivity contribution in [3.63, 3.8) is 0 Å². The number of aromatic amines is 1. The monoisotopic (exact) mass is 378 g/mol. The van der Waals surface area contributed by atoms with Crippen LogP contribution in [0.25, 0.3) is 17.0 Å². The molecular formula is C25H22N4. The number of nitrogens with one attached hydrogen (secondary N) is 2. The summed E-state index contributed by atoms with van der Waals surface area (Å²) >= 11 is 0. The Morgan fingerprint density at radius 2 is 1.97 bits per heavy atom. The number of aromatic nitrogens is 1. The van der Waals surface area contributed by atoms with Gasteiger partial charge in [-0.1, -0.05) is 48.6 Å². The number of H-pyrrole nitrogens is 1. The third-order valence-corrected chi connectivity index (χ3v) is 6.04. The maximum Gasteiger partial charge on any atom is 0.0892 e. The van der Waals surface area contributed by atoms with E-state index in [4.69, 9.17) is 0 Å². The molecule has 4 nitrogen and oxygen atoms in total. The van der Waals surface area contributed by atoms with Crippen molar-refractivity contribution in [3.05, 3.63) is 84.1 Å². The fourth-order valence-electron chi connectivity index (χ4n) is 4.66. The van der Waals surface area contributed by atoms with Gasteiger partial charge >= 0.3 is 0 Å². The Morgan fingerprint density at radius 3 is 2.97 bits per heavy atom.